The van der Waals surface area contributed by atoms with Crippen molar-refractivity contribution in [1.29, 1.82) is 0 Å². The van der Waals surface area contributed by atoms with E-state index in [0.29, 0.717) is 13.0 Å². The number of nitrogens with zero attached hydrogens (tertiary/aromatic N) is 1. The largest absolute Gasteiger partial charge is 0.497 e. The van der Waals surface area contributed by atoms with Gasteiger partial charge in [-0.25, -0.2) is 0 Å². The lowest BCUT2D eigenvalue weighted by Gasteiger charge is -2.32. The minimum Gasteiger partial charge on any atom is -0.497 e. The number of amides is 2. The third kappa shape index (κ3) is 8.18. The SMILES string of the molecule is CC[C@@H](C)NC(=O)[C@@H](Cc1ccccc1)N(Cc1cccc(OC)c1)C(=O)CSc1ccccc1. The summed E-state index contributed by atoms with van der Waals surface area (Å²) in [5.41, 5.74) is 1.92. The van der Waals surface area contributed by atoms with Crippen molar-refractivity contribution in [3.8, 4) is 5.75 Å². The van der Waals surface area contributed by atoms with E-state index in [1.54, 1.807) is 12.0 Å². The lowest BCUT2D eigenvalue weighted by molar-refractivity contribution is -0.139. The lowest BCUT2D eigenvalue weighted by atomic mass is 10.0. The number of thioether (sulfide) groups is 1. The van der Waals surface area contributed by atoms with Gasteiger partial charge in [0.15, 0.2) is 0 Å². The van der Waals surface area contributed by atoms with Crippen LogP contribution in [0.1, 0.15) is 31.4 Å². The normalized spacial score (nSPS) is 12.4. The van der Waals surface area contributed by atoms with Crippen LogP contribution in [0.5, 0.6) is 5.75 Å². The minimum absolute atomic E-state index is 0.0215. The molecule has 35 heavy (non-hydrogen) atoms. The van der Waals surface area contributed by atoms with Crippen molar-refractivity contribution in [1.82, 2.24) is 10.2 Å². The smallest absolute Gasteiger partial charge is 0.243 e. The van der Waals surface area contributed by atoms with E-state index in [1.165, 1.54) is 11.8 Å². The predicted molar refractivity (Wildman–Crippen MR) is 143 cm³/mol. The summed E-state index contributed by atoms with van der Waals surface area (Å²) >= 11 is 1.48. The zero-order chi connectivity index (χ0) is 25.0. The number of rotatable bonds is 12. The third-order valence-corrected chi connectivity index (χ3v) is 6.86. The maximum absolute atomic E-state index is 13.7. The molecule has 3 aromatic carbocycles. The number of benzene rings is 3. The molecule has 0 aliphatic heterocycles. The Morgan fingerprint density at radius 2 is 1.60 bits per heavy atom. The second-order valence-corrected chi connectivity index (χ2v) is 9.55. The number of hydrogen-bond acceptors (Lipinski definition) is 4. The van der Waals surface area contributed by atoms with E-state index >= 15 is 0 Å². The number of nitrogens with one attached hydrogen (secondary N) is 1. The van der Waals surface area contributed by atoms with Gasteiger partial charge in [-0.1, -0.05) is 67.6 Å². The van der Waals surface area contributed by atoms with Crippen molar-refractivity contribution < 1.29 is 14.3 Å². The standard InChI is InChI=1S/C29H34N2O3S/c1-4-22(2)30-29(33)27(19-23-12-7-5-8-13-23)31(20-24-14-11-15-25(18-24)34-3)28(32)21-35-26-16-9-6-10-17-26/h5-18,22,27H,4,19-21H2,1-3H3,(H,30,33)/t22-,27-/m1/s1. The van der Waals surface area contributed by atoms with Crippen molar-refractivity contribution in [3.63, 3.8) is 0 Å². The van der Waals surface area contributed by atoms with Gasteiger partial charge >= 0.3 is 0 Å². The molecule has 3 rings (SSSR count). The molecule has 6 heteroatoms. The highest BCUT2D eigenvalue weighted by atomic mass is 32.2. The van der Waals surface area contributed by atoms with Gasteiger partial charge < -0.3 is 15.0 Å². The average molecular weight is 491 g/mol. The molecule has 0 aliphatic carbocycles. The first-order valence-corrected chi connectivity index (χ1v) is 12.9. The van der Waals surface area contributed by atoms with Crippen LogP contribution in [0, 0.1) is 0 Å². The first-order valence-electron chi connectivity index (χ1n) is 11.9. The Hall–Kier alpha value is -3.25. The summed E-state index contributed by atoms with van der Waals surface area (Å²) in [6.07, 6.45) is 1.26. The Morgan fingerprint density at radius 1 is 0.943 bits per heavy atom. The Morgan fingerprint density at radius 3 is 2.26 bits per heavy atom. The van der Waals surface area contributed by atoms with Gasteiger partial charge in [-0.2, -0.15) is 0 Å². The van der Waals surface area contributed by atoms with Crippen LogP contribution in [0.3, 0.4) is 0 Å². The molecule has 0 aromatic heterocycles. The third-order valence-electron chi connectivity index (χ3n) is 5.86. The van der Waals surface area contributed by atoms with Crippen LogP contribution in [0.25, 0.3) is 0 Å². The molecule has 0 bridgehead atoms. The van der Waals surface area contributed by atoms with Crippen molar-refractivity contribution in [2.45, 2.75) is 50.2 Å². The summed E-state index contributed by atoms with van der Waals surface area (Å²) in [7, 11) is 1.62. The number of ether oxygens (including phenoxy) is 1. The van der Waals surface area contributed by atoms with Crippen LogP contribution in [-0.2, 0) is 22.6 Å². The number of carbonyl (C=O) groups excluding carboxylic acids is 2. The Labute approximate surface area is 212 Å². The predicted octanol–water partition coefficient (Wildman–Crippen LogP) is 5.34. The molecule has 0 radical (unpaired) electrons. The highest BCUT2D eigenvalue weighted by molar-refractivity contribution is 8.00. The highest BCUT2D eigenvalue weighted by Gasteiger charge is 2.31. The molecule has 0 unspecified atom stereocenters. The Kier molecular flexibility index (Phi) is 10.2. The maximum Gasteiger partial charge on any atom is 0.243 e. The van der Waals surface area contributed by atoms with Crippen LogP contribution in [-0.4, -0.2) is 41.7 Å². The van der Waals surface area contributed by atoms with E-state index in [1.807, 2.05) is 98.8 Å². The number of carbonyl (C=O) groups is 2. The average Bonchev–Trinajstić information content (AvgIpc) is 2.90. The quantitative estimate of drug-likeness (QED) is 0.348. The maximum atomic E-state index is 13.7. The van der Waals surface area contributed by atoms with Crippen LogP contribution in [0.15, 0.2) is 89.8 Å². The summed E-state index contributed by atoms with van der Waals surface area (Å²) in [5, 5.41) is 3.10. The van der Waals surface area contributed by atoms with Gasteiger partial charge in [0.2, 0.25) is 11.8 Å². The van der Waals surface area contributed by atoms with Gasteiger partial charge in [0, 0.05) is 23.9 Å². The van der Waals surface area contributed by atoms with Gasteiger partial charge in [-0.05, 0) is 48.7 Å². The van der Waals surface area contributed by atoms with E-state index < -0.39 is 6.04 Å². The van der Waals surface area contributed by atoms with E-state index in [2.05, 4.69) is 5.32 Å². The van der Waals surface area contributed by atoms with Gasteiger partial charge in [0.25, 0.3) is 0 Å². The fraction of sp³-hybridized carbons (Fsp3) is 0.310. The van der Waals surface area contributed by atoms with Crippen molar-refractivity contribution in [3.05, 3.63) is 96.1 Å². The molecule has 0 spiro atoms. The molecular weight excluding hydrogens is 456 g/mol. The molecule has 0 saturated carbocycles. The molecule has 0 aliphatic rings. The summed E-state index contributed by atoms with van der Waals surface area (Å²) in [4.78, 5) is 29.9. The fourth-order valence-corrected chi connectivity index (χ4v) is 4.51. The van der Waals surface area contributed by atoms with Gasteiger partial charge in [0.05, 0.1) is 12.9 Å². The van der Waals surface area contributed by atoms with Crippen LogP contribution >= 0.6 is 11.8 Å². The topological polar surface area (TPSA) is 58.6 Å². The van der Waals surface area contributed by atoms with Crippen LogP contribution in [0.4, 0.5) is 0 Å². The number of methoxy groups -OCH3 is 1. The zero-order valence-electron chi connectivity index (χ0n) is 20.6. The van der Waals surface area contributed by atoms with Crippen LogP contribution in [0.2, 0.25) is 0 Å². The number of hydrogen-bond donors (Lipinski definition) is 1. The molecule has 1 N–H and O–H groups in total. The van der Waals surface area contributed by atoms with Gasteiger partial charge in [0.1, 0.15) is 11.8 Å². The summed E-state index contributed by atoms with van der Waals surface area (Å²) < 4.78 is 5.39. The highest BCUT2D eigenvalue weighted by Crippen LogP contribution is 2.22. The van der Waals surface area contributed by atoms with Crippen molar-refractivity contribution in [2.24, 2.45) is 0 Å². The first kappa shape index (κ1) is 26.4. The second kappa shape index (κ2) is 13.6. The monoisotopic (exact) mass is 490 g/mol. The van der Waals surface area contributed by atoms with E-state index in [9.17, 15) is 9.59 Å². The van der Waals surface area contributed by atoms with E-state index in [-0.39, 0.29) is 23.6 Å². The summed E-state index contributed by atoms with van der Waals surface area (Å²) in [6.45, 7) is 4.33. The van der Waals surface area contributed by atoms with E-state index in [4.69, 9.17) is 4.74 Å². The van der Waals surface area contributed by atoms with Gasteiger partial charge in [-0.3, -0.25) is 9.59 Å². The Balaban J connectivity index is 1.92. The fourth-order valence-electron chi connectivity index (χ4n) is 3.71. The molecule has 3 aromatic rings. The molecular formula is C29H34N2O3S. The molecule has 0 saturated heterocycles. The summed E-state index contributed by atoms with van der Waals surface area (Å²) in [5.74, 6) is 0.749. The van der Waals surface area contributed by atoms with Crippen LogP contribution < -0.4 is 10.1 Å². The minimum atomic E-state index is -0.638. The molecule has 2 amide bonds. The molecule has 2 atom stereocenters. The van der Waals surface area contributed by atoms with Crippen molar-refractivity contribution >= 4 is 23.6 Å². The summed E-state index contributed by atoms with van der Waals surface area (Å²) in [6, 6.07) is 26.7. The van der Waals surface area contributed by atoms with Gasteiger partial charge in [-0.15, -0.1) is 11.8 Å². The van der Waals surface area contributed by atoms with E-state index in [0.717, 1.165) is 28.2 Å². The second-order valence-electron chi connectivity index (χ2n) is 8.50. The first-order chi connectivity index (χ1) is 17.0. The Bertz CT molecular complexity index is 1080. The molecule has 0 heterocycles. The molecule has 5 nitrogen and oxygen atoms in total. The zero-order valence-corrected chi connectivity index (χ0v) is 21.5. The molecule has 184 valence electrons. The van der Waals surface area contributed by atoms with Crippen molar-refractivity contribution in [2.75, 3.05) is 12.9 Å². The molecule has 0 fully saturated rings. The lowest BCUT2D eigenvalue weighted by Crippen LogP contribution is -2.52.